The Labute approximate surface area is 194 Å². The number of benzene rings is 2. The van der Waals surface area contributed by atoms with Crippen molar-refractivity contribution < 1.29 is 14.3 Å². The van der Waals surface area contributed by atoms with Gasteiger partial charge in [-0.2, -0.15) is 0 Å². The van der Waals surface area contributed by atoms with E-state index >= 15 is 0 Å². The Bertz CT molecular complexity index is 923. The Morgan fingerprint density at radius 2 is 1.76 bits per heavy atom. The number of nitrogens with one attached hydrogen (secondary N) is 1. The number of carbonyl (C=O) groups is 1. The number of nitroso groups, excluding NO2 is 1. The topological polar surface area (TPSA) is 83.5 Å². The van der Waals surface area contributed by atoms with Crippen LogP contribution >= 0.6 is 0 Å². The Kier molecular flexibility index (Phi) is 7.78. The van der Waals surface area contributed by atoms with Gasteiger partial charge in [0.1, 0.15) is 18.0 Å². The van der Waals surface area contributed by atoms with Crippen LogP contribution in [0.5, 0.6) is 5.75 Å². The SMILES string of the molecule is COc1cc(NC2CCC(OCC(=O)N3CCN(c4ccccc4)CC3)CC2)ccc1N=O. The first-order valence-electron chi connectivity index (χ1n) is 11.6. The van der Waals surface area contributed by atoms with Crippen LogP contribution in [-0.4, -0.2) is 62.8 Å². The van der Waals surface area contributed by atoms with Gasteiger partial charge in [0, 0.05) is 49.7 Å². The molecule has 2 aromatic rings. The number of hydrogen-bond donors (Lipinski definition) is 1. The highest BCUT2D eigenvalue weighted by molar-refractivity contribution is 5.77. The molecule has 0 aromatic heterocycles. The fourth-order valence-corrected chi connectivity index (χ4v) is 4.59. The van der Waals surface area contributed by atoms with E-state index in [0.717, 1.165) is 57.5 Å². The van der Waals surface area contributed by atoms with Crippen LogP contribution in [0.25, 0.3) is 0 Å². The number of hydrogen-bond acceptors (Lipinski definition) is 7. The predicted molar refractivity (Wildman–Crippen MR) is 129 cm³/mol. The monoisotopic (exact) mass is 452 g/mol. The Morgan fingerprint density at radius 1 is 1.03 bits per heavy atom. The molecule has 1 N–H and O–H groups in total. The van der Waals surface area contributed by atoms with E-state index in [2.05, 4.69) is 27.5 Å². The molecule has 0 bridgehead atoms. The van der Waals surface area contributed by atoms with Crippen LogP contribution in [0.1, 0.15) is 25.7 Å². The number of rotatable bonds is 8. The van der Waals surface area contributed by atoms with Gasteiger partial charge in [0.15, 0.2) is 0 Å². The van der Waals surface area contributed by atoms with Crippen LogP contribution in [0.4, 0.5) is 17.1 Å². The molecule has 2 aromatic carbocycles. The van der Waals surface area contributed by atoms with E-state index in [1.807, 2.05) is 29.2 Å². The average Bonchev–Trinajstić information content (AvgIpc) is 2.88. The van der Waals surface area contributed by atoms with Crippen LogP contribution in [0, 0.1) is 4.91 Å². The zero-order valence-electron chi connectivity index (χ0n) is 19.1. The second-order valence-corrected chi connectivity index (χ2v) is 8.61. The summed E-state index contributed by atoms with van der Waals surface area (Å²) in [5.41, 5.74) is 2.42. The molecule has 1 amide bonds. The van der Waals surface area contributed by atoms with Crippen LogP contribution < -0.4 is 15.0 Å². The lowest BCUT2D eigenvalue weighted by atomic mass is 9.92. The summed E-state index contributed by atoms with van der Waals surface area (Å²) in [4.78, 5) is 27.7. The molecule has 176 valence electrons. The standard InChI is InChI=1S/C25H32N4O4/c1-32-24-17-20(9-12-23(24)27-31)26-19-7-10-22(11-8-19)33-18-25(30)29-15-13-28(14-16-29)21-5-3-2-4-6-21/h2-6,9,12,17,19,22,26H,7-8,10-11,13-16,18H2,1H3. The number of para-hydroxylation sites is 1. The van der Waals surface area contributed by atoms with Crippen molar-refractivity contribution in [3.8, 4) is 5.75 Å². The highest BCUT2D eigenvalue weighted by Gasteiger charge is 2.25. The summed E-state index contributed by atoms with van der Waals surface area (Å²) in [5, 5.41) is 6.47. The molecular formula is C25H32N4O4. The number of nitrogens with zero attached hydrogens (tertiary/aromatic N) is 3. The minimum atomic E-state index is 0.0823. The lowest BCUT2D eigenvalue weighted by Crippen LogP contribution is -2.50. The molecule has 8 nitrogen and oxygen atoms in total. The molecule has 8 heteroatoms. The lowest BCUT2D eigenvalue weighted by Gasteiger charge is -2.36. The maximum Gasteiger partial charge on any atom is 0.248 e. The van der Waals surface area contributed by atoms with Crippen molar-refractivity contribution in [2.45, 2.75) is 37.8 Å². The fraction of sp³-hybridized carbons (Fsp3) is 0.480. The van der Waals surface area contributed by atoms with Gasteiger partial charge in [0.25, 0.3) is 0 Å². The van der Waals surface area contributed by atoms with E-state index in [9.17, 15) is 9.70 Å². The highest BCUT2D eigenvalue weighted by atomic mass is 16.5. The number of amides is 1. The van der Waals surface area contributed by atoms with Gasteiger partial charge in [-0.05, 0) is 55.1 Å². The molecular weight excluding hydrogens is 420 g/mol. The third kappa shape index (κ3) is 6.01. The third-order valence-electron chi connectivity index (χ3n) is 6.52. The van der Waals surface area contributed by atoms with Gasteiger partial charge in [0.2, 0.25) is 5.91 Å². The lowest BCUT2D eigenvalue weighted by molar-refractivity contribution is -0.139. The van der Waals surface area contributed by atoms with Crippen LogP contribution in [0.15, 0.2) is 53.7 Å². The third-order valence-corrected chi connectivity index (χ3v) is 6.52. The number of methoxy groups -OCH3 is 1. The molecule has 0 radical (unpaired) electrons. The molecule has 2 aliphatic rings. The van der Waals surface area contributed by atoms with E-state index in [1.165, 1.54) is 12.8 Å². The molecule has 0 unspecified atom stereocenters. The fourth-order valence-electron chi connectivity index (χ4n) is 4.59. The second-order valence-electron chi connectivity index (χ2n) is 8.61. The van der Waals surface area contributed by atoms with Crippen LogP contribution in [0.3, 0.4) is 0 Å². The van der Waals surface area contributed by atoms with Crippen molar-refractivity contribution in [2.24, 2.45) is 5.18 Å². The van der Waals surface area contributed by atoms with E-state index in [4.69, 9.17) is 9.47 Å². The maximum absolute atomic E-state index is 12.6. The summed E-state index contributed by atoms with van der Waals surface area (Å²) in [6.45, 7) is 3.32. The number of anilines is 2. The molecule has 1 saturated carbocycles. The quantitative estimate of drug-likeness (QED) is 0.605. The van der Waals surface area contributed by atoms with E-state index < -0.39 is 0 Å². The van der Waals surface area contributed by atoms with E-state index in [-0.39, 0.29) is 18.6 Å². The van der Waals surface area contributed by atoms with Gasteiger partial charge in [0.05, 0.1) is 13.2 Å². The first-order chi connectivity index (χ1) is 16.2. The van der Waals surface area contributed by atoms with Gasteiger partial charge in [-0.1, -0.05) is 18.2 Å². The second kappa shape index (κ2) is 11.1. The summed E-state index contributed by atoms with van der Waals surface area (Å²) in [6.07, 6.45) is 3.87. The van der Waals surface area contributed by atoms with Crippen molar-refractivity contribution in [1.82, 2.24) is 4.90 Å². The minimum Gasteiger partial charge on any atom is -0.494 e. The number of ether oxygens (including phenoxy) is 2. The van der Waals surface area contributed by atoms with Crippen molar-refractivity contribution >= 4 is 23.0 Å². The molecule has 1 saturated heterocycles. The van der Waals surface area contributed by atoms with Gasteiger partial charge in [-0.3, -0.25) is 4.79 Å². The summed E-state index contributed by atoms with van der Waals surface area (Å²) in [7, 11) is 1.53. The van der Waals surface area contributed by atoms with Crippen LogP contribution in [0.2, 0.25) is 0 Å². The number of piperazine rings is 1. The number of carbonyl (C=O) groups excluding carboxylic acids is 1. The molecule has 1 heterocycles. The van der Waals surface area contributed by atoms with Crippen molar-refractivity contribution in [2.75, 3.05) is 50.1 Å². The molecule has 0 spiro atoms. The largest absolute Gasteiger partial charge is 0.494 e. The summed E-state index contributed by atoms with van der Waals surface area (Å²) in [6, 6.07) is 16.0. The average molecular weight is 453 g/mol. The molecule has 33 heavy (non-hydrogen) atoms. The minimum absolute atomic E-state index is 0.0823. The predicted octanol–water partition coefficient (Wildman–Crippen LogP) is 4.18. The van der Waals surface area contributed by atoms with Gasteiger partial charge in [-0.15, -0.1) is 4.91 Å². The van der Waals surface area contributed by atoms with E-state index in [1.54, 1.807) is 12.1 Å². The molecule has 2 fully saturated rings. The molecule has 1 aliphatic heterocycles. The Hall–Kier alpha value is -3.13. The zero-order chi connectivity index (χ0) is 23.0. The van der Waals surface area contributed by atoms with Crippen molar-refractivity contribution in [3.63, 3.8) is 0 Å². The maximum atomic E-state index is 12.6. The normalized spacial score (nSPS) is 20.9. The summed E-state index contributed by atoms with van der Waals surface area (Å²) in [5.74, 6) is 0.550. The van der Waals surface area contributed by atoms with Gasteiger partial charge < -0.3 is 24.6 Å². The highest BCUT2D eigenvalue weighted by Crippen LogP contribution is 2.32. The van der Waals surface area contributed by atoms with Crippen molar-refractivity contribution in [3.05, 3.63) is 53.4 Å². The summed E-state index contributed by atoms with van der Waals surface area (Å²) < 4.78 is 11.2. The first kappa shape index (κ1) is 23.0. The van der Waals surface area contributed by atoms with Gasteiger partial charge in [-0.25, -0.2) is 0 Å². The zero-order valence-corrected chi connectivity index (χ0v) is 19.1. The Morgan fingerprint density at radius 3 is 2.42 bits per heavy atom. The van der Waals surface area contributed by atoms with Crippen molar-refractivity contribution in [1.29, 1.82) is 0 Å². The molecule has 4 rings (SSSR count). The Balaban J connectivity index is 1.16. The molecule has 1 aliphatic carbocycles. The van der Waals surface area contributed by atoms with Crippen LogP contribution in [-0.2, 0) is 9.53 Å². The molecule has 0 atom stereocenters. The summed E-state index contributed by atoms with van der Waals surface area (Å²) >= 11 is 0. The van der Waals surface area contributed by atoms with E-state index in [0.29, 0.717) is 17.5 Å². The first-order valence-corrected chi connectivity index (χ1v) is 11.6. The smallest absolute Gasteiger partial charge is 0.248 e. The van der Waals surface area contributed by atoms with Gasteiger partial charge >= 0.3 is 0 Å².